The zero-order valence-electron chi connectivity index (χ0n) is 8.61. The quantitative estimate of drug-likeness (QED) is 0.776. The molecule has 0 atom stereocenters. The molecule has 0 heterocycles. The molecule has 0 aliphatic rings. The molecule has 0 spiro atoms. The van der Waals surface area contributed by atoms with Crippen molar-refractivity contribution in [3.8, 4) is 0 Å². The first kappa shape index (κ1) is 12.5. The first-order valence-electron chi connectivity index (χ1n) is 4.68. The Morgan fingerprint density at radius 1 is 1.31 bits per heavy atom. The number of halogens is 4. The van der Waals surface area contributed by atoms with E-state index in [0.29, 0.717) is 12.5 Å². The van der Waals surface area contributed by atoms with Crippen LogP contribution in [0.15, 0.2) is 24.3 Å². The Bertz CT molecular complexity index is 407. The molecule has 0 unspecified atom stereocenters. The van der Waals surface area contributed by atoms with Gasteiger partial charge in [0.25, 0.3) is 0 Å². The fraction of sp³-hybridized carbons (Fsp3) is 0.273. The number of nitrogens with two attached hydrogens (primary N) is 1. The molecule has 0 aliphatic carbocycles. The smallest absolute Gasteiger partial charge is 0.399 e. The lowest BCUT2D eigenvalue weighted by Gasteiger charge is -2.09. The molecule has 16 heavy (non-hydrogen) atoms. The maximum atomic E-state index is 13.0. The highest BCUT2D eigenvalue weighted by Crippen LogP contribution is 2.31. The van der Waals surface area contributed by atoms with Crippen LogP contribution in [0.25, 0.3) is 5.70 Å². The van der Waals surface area contributed by atoms with Gasteiger partial charge in [-0.2, -0.15) is 13.2 Å². The largest absolute Gasteiger partial charge is 0.416 e. The van der Waals surface area contributed by atoms with Gasteiger partial charge in [-0.25, -0.2) is 4.39 Å². The Kier molecular flexibility index (Phi) is 3.57. The van der Waals surface area contributed by atoms with Crippen molar-refractivity contribution in [2.24, 2.45) is 5.73 Å². The maximum Gasteiger partial charge on any atom is 0.416 e. The van der Waals surface area contributed by atoms with Gasteiger partial charge in [0.1, 0.15) is 5.82 Å². The van der Waals surface area contributed by atoms with Gasteiger partial charge in [0.2, 0.25) is 0 Å². The van der Waals surface area contributed by atoms with Crippen LogP contribution >= 0.6 is 0 Å². The second-order valence-corrected chi connectivity index (χ2v) is 3.29. The van der Waals surface area contributed by atoms with Crippen LogP contribution in [0.1, 0.15) is 24.5 Å². The molecule has 0 fully saturated rings. The van der Waals surface area contributed by atoms with Crippen molar-refractivity contribution in [3.63, 3.8) is 0 Å². The second kappa shape index (κ2) is 4.55. The lowest BCUT2D eigenvalue weighted by atomic mass is 10.1. The van der Waals surface area contributed by atoms with Gasteiger partial charge < -0.3 is 5.73 Å². The maximum absolute atomic E-state index is 13.0. The highest BCUT2D eigenvalue weighted by atomic mass is 19.4. The van der Waals surface area contributed by atoms with Gasteiger partial charge >= 0.3 is 6.18 Å². The van der Waals surface area contributed by atoms with Crippen LogP contribution in [-0.2, 0) is 6.18 Å². The van der Waals surface area contributed by atoms with Crippen LogP contribution < -0.4 is 5.73 Å². The lowest BCUT2D eigenvalue weighted by molar-refractivity contribution is -0.137. The fourth-order valence-corrected chi connectivity index (χ4v) is 1.26. The summed E-state index contributed by atoms with van der Waals surface area (Å²) in [6.07, 6.45) is -2.46. The van der Waals surface area contributed by atoms with E-state index in [-0.39, 0.29) is 11.3 Å². The average molecular weight is 233 g/mol. The number of hydrogen-bond acceptors (Lipinski definition) is 1. The zero-order chi connectivity index (χ0) is 12.3. The summed E-state index contributed by atoms with van der Waals surface area (Å²) in [7, 11) is 0. The lowest BCUT2D eigenvalue weighted by Crippen LogP contribution is -2.07. The van der Waals surface area contributed by atoms with E-state index in [1.54, 1.807) is 6.92 Å². The predicted molar refractivity (Wildman–Crippen MR) is 53.9 cm³/mol. The van der Waals surface area contributed by atoms with E-state index in [9.17, 15) is 17.6 Å². The van der Waals surface area contributed by atoms with Crippen molar-refractivity contribution >= 4 is 5.70 Å². The third-order valence-corrected chi connectivity index (χ3v) is 1.98. The van der Waals surface area contributed by atoms with Crippen LogP contribution in [0, 0.1) is 5.82 Å². The minimum atomic E-state index is -4.57. The topological polar surface area (TPSA) is 26.0 Å². The number of benzene rings is 1. The van der Waals surface area contributed by atoms with Crippen LogP contribution in [0.4, 0.5) is 17.6 Å². The van der Waals surface area contributed by atoms with Gasteiger partial charge in [-0.3, -0.25) is 0 Å². The molecule has 0 bridgehead atoms. The molecule has 0 amide bonds. The molecule has 1 rings (SSSR count). The zero-order valence-corrected chi connectivity index (χ0v) is 8.61. The van der Waals surface area contributed by atoms with Gasteiger partial charge in [0, 0.05) is 11.3 Å². The molecule has 0 radical (unpaired) electrons. The highest BCUT2D eigenvalue weighted by Gasteiger charge is 2.31. The minimum Gasteiger partial charge on any atom is -0.399 e. The molecule has 1 nitrogen and oxygen atoms in total. The standard InChI is InChI=1S/C11H11F4N/c1-2-3-10(16)7-4-8(11(13,14)15)6-9(12)5-7/h3-6H,2,16H2,1H3/b10-3+. The summed E-state index contributed by atoms with van der Waals surface area (Å²) in [5.41, 5.74) is 4.68. The summed E-state index contributed by atoms with van der Waals surface area (Å²) in [6, 6.07) is 2.27. The Morgan fingerprint density at radius 3 is 2.44 bits per heavy atom. The molecule has 1 aromatic rings. The summed E-state index contributed by atoms with van der Waals surface area (Å²) < 4.78 is 50.1. The van der Waals surface area contributed by atoms with Crippen LogP contribution in [-0.4, -0.2) is 0 Å². The summed E-state index contributed by atoms with van der Waals surface area (Å²) in [5.74, 6) is -0.947. The van der Waals surface area contributed by atoms with E-state index in [2.05, 4.69) is 0 Å². The summed E-state index contributed by atoms with van der Waals surface area (Å²) >= 11 is 0. The van der Waals surface area contributed by atoms with Crippen molar-refractivity contribution in [2.75, 3.05) is 0 Å². The molecule has 2 N–H and O–H groups in total. The third-order valence-electron chi connectivity index (χ3n) is 1.98. The summed E-state index contributed by atoms with van der Waals surface area (Å²) in [5, 5.41) is 0. The molecular formula is C11H11F4N. The van der Waals surface area contributed by atoms with Gasteiger partial charge in [0.05, 0.1) is 5.56 Å². The number of hydrogen-bond donors (Lipinski definition) is 1. The summed E-state index contributed by atoms with van der Waals surface area (Å²) in [6.45, 7) is 1.79. The third kappa shape index (κ3) is 2.98. The van der Waals surface area contributed by atoms with Crippen molar-refractivity contribution in [1.29, 1.82) is 0 Å². The monoisotopic (exact) mass is 233 g/mol. The Labute approximate surface area is 90.6 Å². The molecule has 0 aliphatic heterocycles. The van der Waals surface area contributed by atoms with E-state index >= 15 is 0 Å². The average Bonchev–Trinajstić information content (AvgIpc) is 2.16. The Balaban J connectivity index is 3.23. The summed E-state index contributed by atoms with van der Waals surface area (Å²) in [4.78, 5) is 0. The Hall–Kier alpha value is -1.52. The van der Waals surface area contributed by atoms with Crippen LogP contribution in [0.3, 0.4) is 0 Å². The highest BCUT2D eigenvalue weighted by molar-refractivity contribution is 5.63. The van der Waals surface area contributed by atoms with Gasteiger partial charge in [-0.05, 0) is 24.6 Å². The van der Waals surface area contributed by atoms with Gasteiger partial charge in [-0.1, -0.05) is 13.0 Å². The first-order valence-corrected chi connectivity index (χ1v) is 4.68. The molecule has 0 saturated carbocycles. The molecular weight excluding hydrogens is 222 g/mol. The Morgan fingerprint density at radius 2 is 1.94 bits per heavy atom. The van der Waals surface area contributed by atoms with Crippen molar-refractivity contribution in [2.45, 2.75) is 19.5 Å². The predicted octanol–water partition coefficient (Wildman–Crippen LogP) is 3.55. The van der Waals surface area contributed by atoms with Crippen molar-refractivity contribution < 1.29 is 17.6 Å². The minimum absolute atomic E-state index is 0.0502. The van der Waals surface area contributed by atoms with E-state index < -0.39 is 17.6 Å². The number of rotatable bonds is 2. The second-order valence-electron chi connectivity index (χ2n) is 3.29. The molecule has 88 valence electrons. The van der Waals surface area contributed by atoms with E-state index in [4.69, 9.17) is 5.73 Å². The number of allylic oxidation sites excluding steroid dienone is 1. The van der Waals surface area contributed by atoms with Crippen molar-refractivity contribution in [3.05, 3.63) is 41.2 Å². The van der Waals surface area contributed by atoms with Crippen LogP contribution in [0.5, 0.6) is 0 Å². The molecule has 0 saturated heterocycles. The SMILES string of the molecule is CC/C=C(/N)c1cc(F)cc(C(F)(F)F)c1. The fourth-order valence-electron chi connectivity index (χ4n) is 1.26. The van der Waals surface area contributed by atoms with Crippen molar-refractivity contribution in [1.82, 2.24) is 0 Å². The molecule has 0 aromatic heterocycles. The van der Waals surface area contributed by atoms with Gasteiger partial charge in [0.15, 0.2) is 0 Å². The van der Waals surface area contributed by atoms with E-state index in [1.165, 1.54) is 6.08 Å². The van der Waals surface area contributed by atoms with E-state index in [1.807, 2.05) is 0 Å². The molecule has 1 aromatic carbocycles. The first-order chi connectivity index (χ1) is 7.34. The van der Waals surface area contributed by atoms with Crippen LogP contribution in [0.2, 0.25) is 0 Å². The number of alkyl halides is 3. The van der Waals surface area contributed by atoms with E-state index in [0.717, 1.165) is 12.1 Å². The normalized spacial score (nSPS) is 12.9. The van der Waals surface area contributed by atoms with Gasteiger partial charge in [-0.15, -0.1) is 0 Å². The molecule has 5 heteroatoms.